The lowest BCUT2D eigenvalue weighted by Gasteiger charge is -2.29. The minimum absolute atomic E-state index is 0.0922. The molecule has 1 aliphatic rings. The number of likely N-dealkylation sites (tertiary alicyclic amines) is 1. The summed E-state index contributed by atoms with van der Waals surface area (Å²) in [5, 5.41) is 0. The van der Waals surface area contributed by atoms with E-state index in [-0.39, 0.29) is 23.8 Å². The van der Waals surface area contributed by atoms with Gasteiger partial charge in [0.2, 0.25) is 0 Å². The van der Waals surface area contributed by atoms with Crippen LogP contribution in [0.3, 0.4) is 0 Å². The Morgan fingerprint density at radius 1 is 1.23 bits per heavy atom. The Balaban J connectivity index is 2.10. The van der Waals surface area contributed by atoms with Crippen LogP contribution in [0.15, 0.2) is 30.3 Å². The second-order valence-corrected chi connectivity index (χ2v) is 6.87. The van der Waals surface area contributed by atoms with Crippen LogP contribution in [0, 0.1) is 0 Å². The molecule has 2 rings (SSSR count). The van der Waals surface area contributed by atoms with Gasteiger partial charge in [0.05, 0.1) is 6.04 Å². The van der Waals surface area contributed by atoms with E-state index in [2.05, 4.69) is 0 Å². The summed E-state index contributed by atoms with van der Waals surface area (Å²) in [6.45, 7) is 8.01. The van der Waals surface area contributed by atoms with Crippen LogP contribution in [0.1, 0.15) is 52.0 Å². The van der Waals surface area contributed by atoms with Crippen LogP contribution in [-0.2, 0) is 9.53 Å². The molecule has 0 saturated carbocycles. The van der Waals surface area contributed by atoms with Crippen molar-refractivity contribution in [3.63, 3.8) is 0 Å². The molecule has 0 radical (unpaired) electrons. The summed E-state index contributed by atoms with van der Waals surface area (Å²) in [6, 6.07) is 9.33. The van der Waals surface area contributed by atoms with Gasteiger partial charge >= 0.3 is 6.09 Å². The molecule has 0 aliphatic carbocycles. The van der Waals surface area contributed by atoms with Crippen molar-refractivity contribution >= 4 is 11.9 Å². The molecule has 1 fully saturated rings. The van der Waals surface area contributed by atoms with Crippen LogP contribution < -0.4 is 0 Å². The lowest BCUT2D eigenvalue weighted by molar-refractivity contribution is -0.124. The fourth-order valence-corrected chi connectivity index (χ4v) is 2.80. The molecule has 0 spiro atoms. The summed E-state index contributed by atoms with van der Waals surface area (Å²) in [4.78, 5) is 26.7. The molecule has 2 atom stereocenters. The fraction of sp³-hybridized carbons (Fsp3) is 0.556. The molecule has 0 N–H and O–H groups in total. The van der Waals surface area contributed by atoms with Gasteiger partial charge in [-0.15, -0.1) is 0 Å². The minimum Gasteiger partial charge on any atom is -0.444 e. The van der Waals surface area contributed by atoms with Gasteiger partial charge in [-0.25, -0.2) is 4.79 Å². The van der Waals surface area contributed by atoms with E-state index >= 15 is 0 Å². The second-order valence-electron chi connectivity index (χ2n) is 6.87. The third kappa shape index (κ3) is 3.87. The number of rotatable bonds is 3. The predicted octanol–water partition coefficient (Wildman–Crippen LogP) is 3.76. The van der Waals surface area contributed by atoms with E-state index in [0.29, 0.717) is 6.54 Å². The molecule has 0 bridgehead atoms. The van der Waals surface area contributed by atoms with E-state index in [0.717, 1.165) is 18.4 Å². The quantitative estimate of drug-likeness (QED) is 0.854. The Morgan fingerprint density at radius 2 is 1.86 bits per heavy atom. The van der Waals surface area contributed by atoms with Crippen LogP contribution in [0.2, 0.25) is 0 Å². The molecule has 1 heterocycles. The number of Topliss-reactive ketones (excluding diaryl/α,β-unsaturated/α-hetero) is 1. The summed E-state index contributed by atoms with van der Waals surface area (Å²) in [6.07, 6.45) is 1.18. The second kappa shape index (κ2) is 6.51. The summed E-state index contributed by atoms with van der Waals surface area (Å²) < 4.78 is 5.42. The van der Waals surface area contributed by atoms with Gasteiger partial charge in [0.1, 0.15) is 5.60 Å². The molecular formula is C18H25NO3. The zero-order chi connectivity index (χ0) is 16.3. The van der Waals surface area contributed by atoms with Crippen LogP contribution in [-0.4, -0.2) is 35.0 Å². The van der Waals surface area contributed by atoms with Gasteiger partial charge in [-0.3, -0.25) is 9.69 Å². The SMILES string of the molecule is C[C@@H](C(=O)[C@H]1CCCN1C(=O)OC(C)(C)C)c1ccccc1. The summed E-state index contributed by atoms with van der Waals surface area (Å²) in [5.74, 6) is -0.121. The highest BCUT2D eigenvalue weighted by Crippen LogP contribution is 2.27. The first kappa shape index (κ1) is 16.5. The molecular weight excluding hydrogens is 278 g/mol. The van der Waals surface area contributed by atoms with Gasteiger partial charge in [0.25, 0.3) is 0 Å². The molecule has 1 amide bonds. The highest BCUT2D eigenvalue weighted by atomic mass is 16.6. The molecule has 4 heteroatoms. The van der Waals surface area contributed by atoms with Gasteiger partial charge < -0.3 is 4.74 Å². The number of ketones is 1. The first-order valence-electron chi connectivity index (χ1n) is 7.88. The number of benzene rings is 1. The molecule has 22 heavy (non-hydrogen) atoms. The molecule has 1 aromatic rings. The van der Waals surface area contributed by atoms with Crippen molar-refractivity contribution < 1.29 is 14.3 Å². The smallest absolute Gasteiger partial charge is 0.410 e. The van der Waals surface area contributed by atoms with E-state index in [9.17, 15) is 9.59 Å². The molecule has 1 aromatic carbocycles. The third-order valence-electron chi connectivity index (χ3n) is 3.94. The van der Waals surface area contributed by atoms with E-state index < -0.39 is 5.60 Å². The number of hydrogen-bond acceptors (Lipinski definition) is 3. The minimum atomic E-state index is -0.543. The van der Waals surface area contributed by atoms with Crippen LogP contribution in [0.5, 0.6) is 0 Å². The lowest BCUT2D eigenvalue weighted by atomic mass is 9.91. The average Bonchev–Trinajstić information content (AvgIpc) is 2.94. The van der Waals surface area contributed by atoms with Gasteiger partial charge in [0.15, 0.2) is 5.78 Å². The van der Waals surface area contributed by atoms with Crippen molar-refractivity contribution in [2.24, 2.45) is 0 Å². The zero-order valence-corrected chi connectivity index (χ0v) is 13.8. The maximum absolute atomic E-state index is 12.8. The Bertz CT molecular complexity index is 533. The number of hydrogen-bond donors (Lipinski definition) is 0. The highest BCUT2D eigenvalue weighted by Gasteiger charge is 2.38. The number of nitrogens with zero attached hydrogens (tertiary/aromatic N) is 1. The predicted molar refractivity (Wildman–Crippen MR) is 85.8 cm³/mol. The monoisotopic (exact) mass is 303 g/mol. The Labute approximate surface area is 132 Å². The molecule has 1 saturated heterocycles. The Morgan fingerprint density at radius 3 is 2.45 bits per heavy atom. The topological polar surface area (TPSA) is 46.6 Å². The van der Waals surface area contributed by atoms with Crippen LogP contribution >= 0.6 is 0 Å². The van der Waals surface area contributed by atoms with Gasteiger partial charge in [-0.2, -0.15) is 0 Å². The number of ether oxygens (including phenoxy) is 1. The fourth-order valence-electron chi connectivity index (χ4n) is 2.80. The van der Waals surface area contributed by atoms with Gasteiger partial charge in [-0.1, -0.05) is 37.3 Å². The third-order valence-corrected chi connectivity index (χ3v) is 3.94. The van der Waals surface area contributed by atoms with Crippen molar-refractivity contribution in [2.75, 3.05) is 6.54 Å². The van der Waals surface area contributed by atoms with E-state index in [1.54, 1.807) is 4.90 Å². The lowest BCUT2D eigenvalue weighted by Crippen LogP contribution is -2.44. The van der Waals surface area contributed by atoms with Crippen molar-refractivity contribution in [1.29, 1.82) is 0 Å². The van der Waals surface area contributed by atoms with E-state index in [1.807, 2.05) is 58.0 Å². The van der Waals surface area contributed by atoms with Crippen molar-refractivity contribution in [3.05, 3.63) is 35.9 Å². The molecule has 120 valence electrons. The Kier molecular flexibility index (Phi) is 4.89. The maximum Gasteiger partial charge on any atom is 0.410 e. The molecule has 1 aliphatic heterocycles. The summed E-state index contributed by atoms with van der Waals surface area (Å²) in [5.41, 5.74) is 0.446. The van der Waals surface area contributed by atoms with Crippen LogP contribution in [0.25, 0.3) is 0 Å². The normalized spacial score (nSPS) is 19.8. The summed E-state index contributed by atoms with van der Waals surface area (Å²) >= 11 is 0. The van der Waals surface area contributed by atoms with E-state index in [4.69, 9.17) is 4.74 Å². The van der Waals surface area contributed by atoms with E-state index in [1.165, 1.54) is 0 Å². The number of amides is 1. The Hall–Kier alpha value is -1.84. The van der Waals surface area contributed by atoms with Gasteiger partial charge in [-0.05, 0) is 39.2 Å². The molecule has 4 nitrogen and oxygen atoms in total. The number of carbonyl (C=O) groups excluding carboxylic acids is 2. The van der Waals surface area contributed by atoms with Gasteiger partial charge in [0, 0.05) is 12.5 Å². The maximum atomic E-state index is 12.8. The molecule has 0 aromatic heterocycles. The molecule has 0 unspecified atom stereocenters. The summed E-state index contributed by atoms with van der Waals surface area (Å²) in [7, 11) is 0. The van der Waals surface area contributed by atoms with Crippen molar-refractivity contribution in [2.45, 2.75) is 58.1 Å². The first-order valence-corrected chi connectivity index (χ1v) is 7.88. The average molecular weight is 303 g/mol. The first-order chi connectivity index (χ1) is 10.3. The van der Waals surface area contributed by atoms with Crippen molar-refractivity contribution in [3.8, 4) is 0 Å². The highest BCUT2D eigenvalue weighted by molar-refractivity contribution is 5.92. The largest absolute Gasteiger partial charge is 0.444 e. The number of carbonyl (C=O) groups is 2. The zero-order valence-electron chi connectivity index (χ0n) is 13.8. The van der Waals surface area contributed by atoms with Crippen LogP contribution in [0.4, 0.5) is 4.79 Å². The standard InChI is InChI=1S/C18H25NO3/c1-13(14-9-6-5-7-10-14)16(20)15-11-8-12-19(15)17(21)22-18(2,3)4/h5-7,9-10,13,15H,8,11-12H2,1-4H3/t13-,15-/m1/s1. The van der Waals surface area contributed by atoms with Crippen molar-refractivity contribution in [1.82, 2.24) is 4.90 Å².